The minimum atomic E-state index is -0.261. The van der Waals surface area contributed by atoms with Gasteiger partial charge in [0.1, 0.15) is 0 Å². The highest BCUT2D eigenvalue weighted by molar-refractivity contribution is 6.09. The number of hydrogen-bond donors (Lipinski definition) is 3. The molecule has 8 heteroatoms. The smallest absolute Gasteiger partial charge is 0.255 e. The zero-order valence-electron chi connectivity index (χ0n) is 16.1. The average molecular weight is 427 g/mol. The number of halogens is 2. The standard InChI is InChI=1S/C20H26N4O2.2ClH/c1-3-14-24(2)16-10-8-15(9-11-16)19(25)23-18-7-5-4-6-17(18)20(26)22-13-12-21;;/h4-11H,3,12-14,21H2,1-2H3,(H,22,26)(H,23,25);2*1H. The number of hydrogen-bond acceptors (Lipinski definition) is 4. The van der Waals surface area contributed by atoms with Crippen molar-refractivity contribution in [2.24, 2.45) is 5.73 Å². The van der Waals surface area contributed by atoms with Gasteiger partial charge in [-0.1, -0.05) is 19.1 Å². The summed E-state index contributed by atoms with van der Waals surface area (Å²) in [6.07, 6.45) is 1.06. The van der Waals surface area contributed by atoms with Crippen molar-refractivity contribution in [2.75, 3.05) is 36.9 Å². The molecule has 4 N–H and O–H groups in total. The number of rotatable bonds is 8. The van der Waals surface area contributed by atoms with Crippen LogP contribution in [0.2, 0.25) is 0 Å². The van der Waals surface area contributed by atoms with Gasteiger partial charge in [0.2, 0.25) is 0 Å². The molecule has 0 radical (unpaired) electrons. The van der Waals surface area contributed by atoms with E-state index in [2.05, 4.69) is 22.5 Å². The summed E-state index contributed by atoms with van der Waals surface area (Å²) in [7, 11) is 2.02. The first-order valence-corrected chi connectivity index (χ1v) is 8.76. The first-order chi connectivity index (χ1) is 12.6. The Kier molecular flexibility index (Phi) is 11.9. The van der Waals surface area contributed by atoms with E-state index in [1.807, 2.05) is 19.2 Å². The number of para-hydroxylation sites is 1. The summed E-state index contributed by atoms with van der Waals surface area (Å²) < 4.78 is 0. The van der Waals surface area contributed by atoms with Crippen LogP contribution in [0.15, 0.2) is 48.5 Å². The van der Waals surface area contributed by atoms with Crippen LogP contribution in [0, 0.1) is 0 Å². The van der Waals surface area contributed by atoms with E-state index < -0.39 is 0 Å². The quantitative estimate of drug-likeness (QED) is 0.603. The van der Waals surface area contributed by atoms with Gasteiger partial charge in [-0.2, -0.15) is 0 Å². The van der Waals surface area contributed by atoms with Gasteiger partial charge in [-0.25, -0.2) is 0 Å². The molecule has 0 atom stereocenters. The van der Waals surface area contributed by atoms with Gasteiger partial charge < -0.3 is 21.3 Å². The Bertz CT molecular complexity index is 754. The summed E-state index contributed by atoms with van der Waals surface area (Å²) in [5, 5.41) is 5.53. The first-order valence-electron chi connectivity index (χ1n) is 8.76. The van der Waals surface area contributed by atoms with Gasteiger partial charge in [0.05, 0.1) is 11.3 Å². The van der Waals surface area contributed by atoms with E-state index in [1.54, 1.807) is 36.4 Å². The molecule has 28 heavy (non-hydrogen) atoms. The SMILES string of the molecule is CCCN(C)c1ccc(C(=O)Nc2ccccc2C(=O)NCCN)cc1.Cl.Cl. The van der Waals surface area contributed by atoms with Crippen molar-refractivity contribution >= 4 is 48.0 Å². The first kappa shape index (κ1) is 25.7. The Morgan fingerprint density at radius 1 is 1.00 bits per heavy atom. The van der Waals surface area contributed by atoms with E-state index in [9.17, 15) is 9.59 Å². The number of amides is 2. The van der Waals surface area contributed by atoms with Crippen LogP contribution in [0.5, 0.6) is 0 Å². The summed E-state index contributed by atoms with van der Waals surface area (Å²) in [4.78, 5) is 26.9. The molecule has 6 nitrogen and oxygen atoms in total. The minimum Gasteiger partial charge on any atom is -0.375 e. The molecule has 0 aliphatic rings. The van der Waals surface area contributed by atoms with Crippen LogP contribution in [0.4, 0.5) is 11.4 Å². The zero-order valence-corrected chi connectivity index (χ0v) is 17.7. The monoisotopic (exact) mass is 426 g/mol. The molecule has 0 bridgehead atoms. The van der Waals surface area contributed by atoms with Gasteiger partial charge in [0, 0.05) is 37.9 Å². The summed E-state index contributed by atoms with van der Waals surface area (Å²) >= 11 is 0. The molecule has 0 saturated carbocycles. The number of carbonyl (C=O) groups excluding carboxylic acids is 2. The van der Waals surface area contributed by atoms with Crippen LogP contribution in [-0.4, -0.2) is 38.5 Å². The maximum Gasteiger partial charge on any atom is 0.255 e. The van der Waals surface area contributed by atoms with Crippen molar-refractivity contribution in [3.05, 3.63) is 59.7 Å². The summed E-state index contributed by atoms with van der Waals surface area (Å²) in [6.45, 7) is 3.82. The predicted molar refractivity (Wildman–Crippen MR) is 120 cm³/mol. The molecule has 2 amide bonds. The maximum atomic E-state index is 12.5. The van der Waals surface area contributed by atoms with E-state index >= 15 is 0 Å². The molecule has 0 saturated heterocycles. The topological polar surface area (TPSA) is 87.5 Å². The predicted octanol–water partition coefficient (Wildman–Crippen LogP) is 3.32. The summed E-state index contributed by atoms with van der Waals surface area (Å²) in [5.41, 5.74) is 7.89. The van der Waals surface area contributed by atoms with Gasteiger partial charge in [-0.05, 0) is 42.8 Å². The van der Waals surface area contributed by atoms with Crippen LogP contribution in [0.25, 0.3) is 0 Å². The number of benzene rings is 2. The summed E-state index contributed by atoms with van der Waals surface area (Å²) in [5.74, 6) is -0.517. The second-order valence-corrected chi connectivity index (χ2v) is 6.01. The molecular formula is C20H28Cl2N4O2. The van der Waals surface area contributed by atoms with Crippen LogP contribution < -0.4 is 21.3 Å². The molecular weight excluding hydrogens is 399 g/mol. The number of carbonyl (C=O) groups is 2. The van der Waals surface area contributed by atoms with Crippen LogP contribution in [0.3, 0.4) is 0 Å². The van der Waals surface area contributed by atoms with Gasteiger partial charge in [-0.3, -0.25) is 9.59 Å². The molecule has 0 unspecified atom stereocenters. The fourth-order valence-corrected chi connectivity index (χ4v) is 2.60. The highest BCUT2D eigenvalue weighted by atomic mass is 35.5. The lowest BCUT2D eigenvalue weighted by Crippen LogP contribution is -2.30. The normalized spacial score (nSPS) is 9.54. The van der Waals surface area contributed by atoms with Gasteiger partial charge in [0.25, 0.3) is 11.8 Å². The van der Waals surface area contributed by atoms with Crippen molar-refractivity contribution < 1.29 is 9.59 Å². The maximum absolute atomic E-state index is 12.5. The lowest BCUT2D eigenvalue weighted by molar-refractivity contribution is 0.0955. The lowest BCUT2D eigenvalue weighted by Gasteiger charge is -2.18. The number of nitrogens with zero attached hydrogens (tertiary/aromatic N) is 1. The fourth-order valence-electron chi connectivity index (χ4n) is 2.60. The number of nitrogens with one attached hydrogen (secondary N) is 2. The largest absolute Gasteiger partial charge is 0.375 e. The molecule has 0 spiro atoms. The Balaban J connectivity index is 0.00000364. The van der Waals surface area contributed by atoms with Crippen molar-refractivity contribution in [3.8, 4) is 0 Å². The molecule has 2 aromatic carbocycles. The second-order valence-electron chi connectivity index (χ2n) is 6.01. The highest BCUT2D eigenvalue weighted by Crippen LogP contribution is 2.18. The zero-order chi connectivity index (χ0) is 18.9. The third-order valence-electron chi connectivity index (χ3n) is 3.98. The van der Waals surface area contributed by atoms with E-state index in [1.165, 1.54) is 0 Å². The number of nitrogens with two attached hydrogens (primary N) is 1. The van der Waals surface area contributed by atoms with E-state index in [0.717, 1.165) is 18.7 Å². The van der Waals surface area contributed by atoms with Crippen molar-refractivity contribution in [2.45, 2.75) is 13.3 Å². The van der Waals surface area contributed by atoms with Crippen molar-refractivity contribution in [3.63, 3.8) is 0 Å². The van der Waals surface area contributed by atoms with E-state index in [4.69, 9.17) is 5.73 Å². The van der Waals surface area contributed by atoms with Crippen molar-refractivity contribution in [1.29, 1.82) is 0 Å². The van der Waals surface area contributed by atoms with E-state index in [0.29, 0.717) is 29.9 Å². The molecule has 0 aliphatic carbocycles. The minimum absolute atomic E-state index is 0. The van der Waals surface area contributed by atoms with Crippen molar-refractivity contribution in [1.82, 2.24) is 5.32 Å². The van der Waals surface area contributed by atoms with Gasteiger partial charge in [-0.15, -0.1) is 24.8 Å². The average Bonchev–Trinajstić information content (AvgIpc) is 2.66. The number of anilines is 2. The summed E-state index contributed by atoms with van der Waals surface area (Å²) in [6, 6.07) is 14.3. The molecule has 0 aliphatic heterocycles. The second kappa shape index (κ2) is 13.0. The van der Waals surface area contributed by atoms with E-state index in [-0.39, 0.29) is 36.6 Å². The Morgan fingerprint density at radius 3 is 2.25 bits per heavy atom. The third-order valence-corrected chi connectivity index (χ3v) is 3.98. The molecule has 2 aromatic rings. The Labute approximate surface area is 178 Å². The highest BCUT2D eigenvalue weighted by Gasteiger charge is 2.14. The van der Waals surface area contributed by atoms with Crippen LogP contribution >= 0.6 is 24.8 Å². The molecule has 2 rings (SSSR count). The third kappa shape index (κ3) is 7.03. The Morgan fingerprint density at radius 2 is 1.64 bits per heavy atom. The molecule has 0 aromatic heterocycles. The molecule has 0 heterocycles. The molecule has 0 fully saturated rings. The molecule has 154 valence electrons. The van der Waals surface area contributed by atoms with Crippen LogP contribution in [0.1, 0.15) is 34.1 Å². The lowest BCUT2D eigenvalue weighted by atomic mass is 10.1. The van der Waals surface area contributed by atoms with Gasteiger partial charge >= 0.3 is 0 Å². The fraction of sp³-hybridized carbons (Fsp3) is 0.300. The van der Waals surface area contributed by atoms with Gasteiger partial charge in [0.15, 0.2) is 0 Å². The Hall–Kier alpha value is -2.28. The van der Waals surface area contributed by atoms with Crippen LogP contribution in [-0.2, 0) is 0 Å².